The minimum atomic E-state index is -4.21. The average molecular weight is 447 g/mol. The number of nitrogens with one attached hydrogen (secondary N) is 1. The van der Waals surface area contributed by atoms with Crippen LogP contribution in [0, 0.1) is 24.0 Å². The molecule has 156 valence electrons. The fraction of sp³-hybridized carbons (Fsp3) is 0.100. The Hall–Kier alpha value is -3.24. The van der Waals surface area contributed by atoms with E-state index in [1.807, 2.05) is 0 Å². The molecule has 0 bridgehead atoms. The summed E-state index contributed by atoms with van der Waals surface area (Å²) in [6, 6.07) is 15.6. The van der Waals surface area contributed by atoms with Gasteiger partial charge in [0.2, 0.25) is 9.84 Å². The average Bonchev–Trinajstić information content (AvgIpc) is 2.69. The van der Waals surface area contributed by atoms with Crippen LogP contribution >= 0.6 is 0 Å². The predicted octanol–water partition coefficient (Wildman–Crippen LogP) is 3.85. The summed E-state index contributed by atoms with van der Waals surface area (Å²) < 4.78 is 54.4. The Labute approximate surface area is 174 Å². The van der Waals surface area contributed by atoms with Crippen molar-refractivity contribution in [3.8, 4) is 0 Å². The SMILES string of the molecule is Cc1cc(S(=O)(=O)Nc2cccc([N+](=O)[O-])c2)c(C)c(S(=O)(=O)c2ccccc2)c1. The highest BCUT2D eigenvalue weighted by molar-refractivity contribution is 7.93. The first kappa shape index (κ1) is 21.5. The van der Waals surface area contributed by atoms with Crippen molar-refractivity contribution in [3.63, 3.8) is 0 Å². The molecule has 10 heteroatoms. The third-order valence-electron chi connectivity index (χ3n) is 4.40. The van der Waals surface area contributed by atoms with Crippen molar-refractivity contribution in [3.05, 3.63) is 88.0 Å². The first-order valence-corrected chi connectivity index (χ1v) is 11.7. The lowest BCUT2D eigenvalue weighted by atomic mass is 10.2. The molecule has 0 spiro atoms. The maximum atomic E-state index is 13.1. The number of non-ortho nitro benzene ring substituents is 1. The van der Waals surface area contributed by atoms with Gasteiger partial charge in [0.25, 0.3) is 15.7 Å². The van der Waals surface area contributed by atoms with E-state index in [-0.39, 0.29) is 31.6 Å². The molecule has 0 atom stereocenters. The van der Waals surface area contributed by atoms with Gasteiger partial charge in [-0.3, -0.25) is 14.8 Å². The molecular formula is C20H18N2O6S2. The van der Waals surface area contributed by atoms with E-state index >= 15 is 0 Å². The lowest BCUT2D eigenvalue weighted by Gasteiger charge is -2.15. The molecule has 0 aliphatic rings. The van der Waals surface area contributed by atoms with E-state index in [1.54, 1.807) is 25.1 Å². The zero-order valence-electron chi connectivity index (χ0n) is 16.1. The summed E-state index contributed by atoms with van der Waals surface area (Å²) in [4.78, 5) is 10.0. The molecule has 3 rings (SSSR count). The molecule has 1 N–H and O–H groups in total. The smallest absolute Gasteiger partial charge is 0.271 e. The minimum absolute atomic E-state index is 0.00225. The highest BCUT2D eigenvalue weighted by Crippen LogP contribution is 2.31. The van der Waals surface area contributed by atoms with E-state index in [2.05, 4.69) is 4.72 Å². The van der Waals surface area contributed by atoms with Gasteiger partial charge in [0, 0.05) is 12.1 Å². The van der Waals surface area contributed by atoms with Crippen LogP contribution in [0.3, 0.4) is 0 Å². The second kappa shape index (κ2) is 7.88. The van der Waals surface area contributed by atoms with Gasteiger partial charge in [0.05, 0.1) is 25.3 Å². The molecule has 30 heavy (non-hydrogen) atoms. The van der Waals surface area contributed by atoms with Crippen molar-refractivity contribution in [2.45, 2.75) is 28.5 Å². The monoisotopic (exact) mass is 446 g/mol. The topological polar surface area (TPSA) is 123 Å². The Bertz CT molecular complexity index is 1330. The van der Waals surface area contributed by atoms with Crippen LogP contribution in [0.25, 0.3) is 0 Å². The van der Waals surface area contributed by atoms with Gasteiger partial charge in [-0.1, -0.05) is 24.3 Å². The highest BCUT2D eigenvalue weighted by atomic mass is 32.2. The highest BCUT2D eigenvalue weighted by Gasteiger charge is 2.26. The number of aryl methyl sites for hydroxylation is 1. The fourth-order valence-corrected chi connectivity index (χ4v) is 6.06. The molecule has 0 radical (unpaired) electrons. The van der Waals surface area contributed by atoms with Gasteiger partial charge in [0.15, 0.2) is 0 Å². The zero-order chi connectivity index (χ0) is 22.1. The van der Waals surface area contributed by atoms with Crippen molar-refractivity contribution < 1.29 is 21.8 Å². The third kappa shape index (κ3) is 4.19. The van der Waals surface area contributed by atoms with E-state index in [0.717, 1.165) is 6.07 Å². The van der Waals surface area contributed by atoms with E-state index in [0.29, 0.717) is 5.56 Å². The summed E-state index contributed by atoms with van der Waals surface area (Å²) >= 11 is 0. The van der Waals surface area contributed by atoms with Gasteiger partial charge >= 0.3 is 0 Å². The molecular weight excluding hydrogens is 428 g/mol. The predicted molar refractivity (Wildman–Crippen MR) is 112 cm³/mol. The molecule has 0 unspecified atom stereocenters. The molecule has 0 saturated carbocycles. The van der Waals surface area contributed by atoms with E-state index in [9.17, 15) is 26.9 Å². The van der Waals surface area contributed by atoms with Crippen LogP contribution in [0.15, 0.2) is 81.4 Å². The molecule has 0 aliphatic carbocycles. The second-order valence-electron chi connectivity index (χ2n) is 6.62. The molecule has 0 saturated heterocycles. The van der Waals surface area contributed by atoms with Crippen LogP contribution in [0.2, 0.25) is 0 Å². The number of nitrogens with zero attached hydrogens (tertiary/aromatic N) is 1. The van der Waals surface area contributed by atoms with Crippen LogP contribution in [-0.2, 0) is 19.9 Å². The standard InChI is InChI=1S/C20H18N2O6S2/c1-14-11-19(29(25,26)18-9-4-3-5-10-18)15(2)20(12-14)30(27,28)21-16-7-6-8-17(13-16)22(23)24/h3-13,21H,1-2H3. The third-order valence-corrected chi connectivity index (χ3v) is 7.80. The lowest BCUT2D eigenvalue weighted by molar-refractivity contribution is -0.384. The molecule has 0 amide bonds. The maximum Gasteiger partial charge on any atom is 0.271 e. The normalized spacial score (nSPS) is 11.8. The van der Waals surface area contributed by atoms with Crippen LogP contribution in [0.5, 0.6) is 0 Å². The van der Waals surface area contributed by atoms with Crippen LogP contribution in [-0.4, -0.2) is 21.8 Å². The fourth-order valence-electron chi connectivity index (χ4n) is 2.97. The largest absolute Gasteiger partial charge is 0.279 e. The minimum Gasteiger partial charge on any atom is -0.279 e. The van der Waals surface area contributed by atoms with Crippen molar-refractivity contribution in [1.29, 1.82) is 0 Å². The van der Waals surface area contributed by atoms with E-state index in [1.165, 1.54) is 49.4 Å². The first-order chi connectivity index (χ1) is 14.0. The Kier molecular flexibility index (Phi) is 5.64. The van der Waals surface area contributed by atoms with Crippen LogP contribution in [0.4, 0.5) is 11.4 Å². The van der Waals surface area contributed by atoms with Gasteiger partial charge in [-0.2, -0.15) is 0 Å². The van der Waals surface area contributed by atoms with Gasteiger partial charge in [-0.25, -0.2) is 16.8 Å². The molecule has 0 aliphatic heterocycles. The van der Waals surface area contributed by atoms with Gasteiger partial charge in [0.1, 0.15) is 0 Å². The summed E-state index contributed by atoms with van der Waals surface area (Å²) in [5, 5.41) is 10.9. The summed E-state index contributed by atoms with van der Waals surface area (Å²) in [5.74, 6) is 0. The van der Waals surface area contributed by atoms with E-state index < -0.39 is 24.8 Å². The van der Waals surface area contributed by atoms with Gasteiger partial charge in [-0.15, -0.1) is 0 Å². The van der Waals surface area contributed by atoms with Crippen molar-refractivity contribution >= 4 is 31.2 Å². The number of hydrogen-bond acceptors (Lipinski definition) is 6. The number of sulfonamides is 1. The number of anilines is 1. The Morgan fingerprint density at radius 2 is 1.47 bits per heavy atom. The van der Waals surface area contributed by atoms with Crippen LogP contribution < -0.4 is 4.72 Å². The summed E-state index contributed by atoms with van der Waals surface area (Å²) in [6.45, 7) is 3.01. The number of sulfone groups is 1. The summed E-state index contributed by atoms with van der Waals surface area (Å²) in [5.41, 5.74) is 0.220. The summed E-state index contributed by atoms with van der Waals surface area (Å²) in [6.07, 6.45) is 0. The number of rotatable bonds is 6. The zero-order valence-corrected chi connectivity index (χ0v) is 17.7. The van der Waals surface area contributed by atoms with Crippen molar-refractivity contribution in [1.82, 2.24) is 0 Å². The quantitative estimate of drug-likeness (QED) is 0.453. The molecule has 8 nitrogen and oxygen atoms in total. The Balaban J connectivity index is 2.11. The molecule has 0 fully saturated rings. The number of nitro benzene ring substituents is 1. The lowest BCUT2D eigenvalue weighted by Crippen LogP contribution is -2.16. The van der Waals surface area contributed by atoms with Gasteiger partial charge in [-0.05, 0) is 55.3 Å². The molecule has 3 aromatic rings. The second-order valence-corrected chi connectivity index (χ2v) is 10.2. The number of nitro groups is 1. The van der Waals surface area contributed by atoms with Crippen molar-refractivity contribution in [2.24, 2.45) is 0 Å². The maximum absolute atomic E-state index is 13.1. The first-order valence-electron chi connectivity index (χ1n) is 8.71. The Morgan fingerprint density at radius 3 is 2.10 bits per heavy atom. The van der Waals surface area contributed by atoms with Gasteiger partial charge < -0.3 is 0 Å². The van der Waals surface area contributed by atoms with Crippen LogP contribution in [0.1, 0.15) is 11.1 Å². The van der Waals surface area contributed by atoms with Crippen molar-refractivity contribution in [2.75, 3.05) is 4.72 Å². The molecule has 3 aromatic carbocycles. The summed E-state index contributed by atoms with van der Waals surface area (Å²) in [7, 11) is -8.16. The van der Waals surface area contributed by atoms with E-state index in [4.69, 9.17) is 0 Å². The Morgan fingerprint density at radius 1 is 0.833 bits per heavy atom. The molecule has 0 aromatic heterocycles. The molecule has 0 heterocycles. The number of hydrogen-bond donors (Lipinski definition) is 1. The number of benzene rings is 3.